The zero-order chi connectivity index (χ0) is 35.2. The molecule has 0 N–H and O–H groups in total. The minimum Gasteiger partial charge on any atom is -0.331 e. The Labute approximate surface area is 288 Å². The molecule has 0 amide bonds. The molecular weight excluding hydrogens is 613 g/mol. The standard InChI is InChI=1S/C24H25N.C20H22F3N/c1-16(2)18-10-12-21-22-13-11-19(17(3)4)15-24(22)25(23(21)14-18)20-8-6-5-7-9-20;1-12(2)14-5-7-16-17-8-6-15(13(3)4)10-19(17)24(18(16)9-14)11-20(21,22)23/h5-17H,1-4H3;5-10,12-13H,11H2,1-4H3. The lowest BCUT2D eigenvalue weighted by atomic mass is 10.00. The predicted octanol–water partition coefficient (Wildman–Crippen LogP) is 13.6. The van der Waals surface area contributed by atoms with E-state index in [9.17, 15) is 13.2 Å². The van der Waals surface area contributed by atoms with Crippen LogP contribution >= 0.6 is 0 Å². The molecule has 0 saturated heterocycles. The second kappa shape index (κ2) is 13.4. The first-order chi connectivity index (χ1) is 23.2. The van der Waals surface area contributed by atoms with E-state index in [-0.39, 0.29) is 11.8 Å². The van der Waals surface area contributed by atoms with Crippen LogP contribution in [0.2, 0.25) is 0 Å². The molecule has 2 heterocycles. The summed E-state index contributed by atoms with van der Waals surface area (Å²) in [5.41, 5.74) is 10.0. The summed E-state index contributed by atoms with van der Waals surface area (Å²) in [6.07, 6.45) is -4.25. The Morgan fingerprint density at radius 3 is 1.10 bits per heavy atom. The molecule has 0 bridgehead atoms. The SMILES string of the molecule is CC(C)c1ccc2c3ccc(C(C)C)cc3n(-c3ccccc3)c2c1.CC(C)c1ccc2c3ccc(C(C)C)cc3n(CC(F)(F)F)c2c1. The average molecular weight is 661 g/mol. The second-order valence-electron chi connectivity index (χ2n) is 14.6. The number of hydrogen-bond acceptors (Lipinski definition) is 0. The van der Waals surface area contributed by atoms with Gasteiger partial charge in [-0.05, 0) is 82.3 Å². The van der Waals surface area contributed by atoms with E-state index >= 15 is 0 Å². The van der Waals surface area contributed by atoms with Crippen LogP contribution in [0.3, 0.4) is 0 Å². The number of fused-ring (bicyclic) bond motifs is 6. The summed E-state index contributed by atoms with van der Waals surface area (Å²) < 4.78 is 43.4. The molecule has 2 nitrogen and oxygen atoms in total. The normalized spacial score (nSPS) is 12.4. The van der Waals surface area contributed by atoms with Gasteiger partial charge >= 0.3 is 6.18 Å². The summed E-state index contributed by atoms with van der Waals surface area (Å²) in [4.78, 5) is 0. The summed E-state index contributed by atoms with van der Waals surface area (Å²) in [5.74, 6) is 1.60. The highest BCUT2D eigenvalue weighted by atomic mass is 19.4. The number of alkyl halides is 3. The summed E-state index contributed by atoms with van der Waals surface area (Å²) in [5, 5.41) is 4.43. The lowest BCUT2D eigenvalue weighted by Crippen LogP contribution is -2.17. The monoisotopic (exact) mass is 660 g/mol. The van der Waals surface area contributed by atoms with Crippen LogP contribution in [-0.4, -0.2) is 15.3 Å². The lowest BCUT2D eigenvalue weighted by Gasteiger charge is -2.13. The van der Waals surface area contributed by atoms with Crippen molar-refractivity contribution in [2.45, 2.75) is 91.8 Å². The Morgan fingerprint density at radius 1 is 0.449 bits per heavy atom. The minimum atomic E-state index is -4.25. The highest BCUT2D eigenvalue weighted by Crippen LogP contribution is 2.37. The van der Waals surface area contributed by atoms with E-state index in [1.165, 1.54) is 43.2 Å². The van der Waals surface area contributed by atoms with Gasteiger partial charge in [0.25, 0.3) is 0 Å². The van der Waals surface area contributed by atoms with Crippen molar-refractivity contribution in [1.29, 1.82) is 0 Å². The molecular formula is C44H47F3N2. The zero-order valence-electron chi connectivity index (χ0n) is 29.9. The van der Waals surface area contributed by atoms with Crippen molar-refractivity contribution in [1.82, 2.24) is 9.13 Å². The van der Waals surface area contributed by atoms with Crippen LogP contribution in [0.4, 0.5) is 13.2 Å². The van der Waals surface area contributed by atoms with Gasteiger partial charge in [-0.3, -0.25) is 0 Å². The number of hydrogen-bond donors (Lipinski definition) is 0. The highest BCUT2D eigenvalue weighted by molar-refractivity contribution is 6.10. The second-order valence-corrected chi connectivity index (χ2v) is 14.6. The molecule has 7 rings (SSSR count). The summed E-state index contributed by atoms with van der Waals surface area (Å²) in [7, 11) is 0. The smallest absolute Gasteiger partial charge is 0.331 e. The van der Waals surface area contributed by atoms with E-state index in [0.717, 1.165) is 21.9 Å². The Hall–Kier alpha value is -4.51. The van der Waals surface area contributed by atoms with Gasteiger partial charge in [0, 0.05) is 38.3 Å². The van der Waals surface area contributed by atoms with Gasteiger partial charge in [0.15, 0.2) is 0 Å². The molecule has 0 saturated carbocycles. The molecule has 0 aliphatic heterocycles. The van der Waals surface area contributed by atoms with Crippen LogP contribution in [0.15, 0.2) is 103 Å². The van der Waals surface area contributed by atoms with Crippen molar-refractivity contribution in [3.8, 4) is 5.69 Å². The molecule has 0 atom stereocenters. The van der Waals surface area contributed by atoms with Crippen molar-refractivity contribution in [2.75, 3.05) is 0 Å². The van der Waals surface area contributed by atoms with Crippen molar-refractivity contribution in [3.05, 3.63) is 125 Å². The predicted molar refractivity (Wildman–Crippen MR) is 203 cm³/mol. The van der Waals surface area contributed by atoms with Gasteiger partial charge < -0.3 is 9.13 Å². The maximum atomic E-state index is 13.2. The van der Waals surface area contributed by atoms with E-state index < -0.39 is 12.7 Å². The van der Waals surface area contributed by atoms with Gasteiger partial charge in [0.1, 0.15) is 6.54 Å². The third kappa shape index (κ3) is 6.86. The van der Waals surface area contributed by atoms with Crippen LogP contribution < -0.4 is 0 Å². The van der Waals surface area contributed by atoms with Crippen LogP contribution in [0.25, 0.3) is 49.3 Å². The number of aromatic nitrogens is 2. The number of rotatable bonds is 6. The van der Waals surface area contributed by atoms with Crippen LogP contribution in [-0.2, 0) is 6.54 Å². The van der Waals surface area contributed by atoms with E-state index in [2.05, 4.69) is 127 Å². The summed E-state index contributed by atoms with van der Waals surface area (Å²) in [6.45, 7) is 16.3. The van der Waals surface area contributed by atoms with Gasteiger partial charge in [-0.1, -0.05) is 122 Å². The van der Waals surface area contributed by atoms with Crippen LogP contribution in [0, 0.1) is 0 Å². The maximum absolute atomic E-state index is 13.2. The fraction of sp³-hybridized carbons (Fsp3) is 0.318. The molecule has 49 heavy (non-hydrogen) atoms. The van der Waals surface area contributed by atoms with E-state index in [0.29, 0.717) is 22.9 Å². The van der Waals surface area contributed by atoms with Gasteiger partial charge in [0.05, 0.1) is 11.0 Å². The molecule has 0 radical (unpaired) electrons. The molecule has 7 aromatic rings. The van der Waals surface area contributed by atoms with E-state index in [1.807, 2.05) is 36.4 Å². The molecule has 254 valence electrons. The quantitative estimate of drug-likeness (QED) is 0.168. The van der Waals surface area contributed by atoms with E-state index in [1.54, 1.807) is 0 Å². The minimum absolute atomic E-state index is 0.276. The van der Waals surface area contributed by atoms with Gasteiger partial charge in [-0.25, -0.2) is 0 Å². The van der Waals surface area contributed by atoms with E-state index in [4.69, 9.17) is 0 Å². The Balaban J connectivity index is 0.000000170. The van der Waals surface area contributed by atoms with Crippen LogP contribution in [0.5, 0.6) is 0 Å². The van der Waals surface area contributed by atoms with Gasteiger partial charge in [-0.2, -0.15) is 13.2 Å². The molecule has 0 aliphatic rings. The van der Waals surface area contributed by atoms with Crippen molar-refractivity contribution in [2.24, 2.45) is 0 Å². The average Bonchev–Trinajstić information content (AvgIpc) is 3.55. The largest absolute Gasteiger partial charge is 0.406 e. The molecule has 0 fully saturated rings. The molecule has 0 unspecified atom stereocenters. The maximum Gasteiger partial charge on any atom is 0.406 e. The molecule has 0 aliphatic carbocycles. The molecule has 2 aromatic heterocycles. The Kier molecular flexibility index (Phi) is 9.41. The van der Waals surface area contributed by atoms with Gasteiger partial charge in [0.2, 0.25) is 0 Å². The topological polar surface area (TPSA) is 9.86 Å². The number of nitrogens with zero attached hydrogens (tertiary/aromatic N) is 2. The van der Waals surface area contributed by atoms with Crippen molar-refractivity contribution >= 4 is 43.6 Å². The summed E-state index contributed by atoms with van der Waals surface area (Å²) in [6, 6.07) is 36.3. The third-order valence-electron chi connectivity index (χ3n) is 9.75. The zero-order valence-corrected chi connectivity index (χ0v) is 29.9. The number of benzene rings is 5. The Bertz CT molecular complexity index is 2120. The number of halogens is 3. The first-order valence-corrected chi connectivity index (χ1v) is 17.5. The number of para-hydroxylation sites is 1. The van der Waals surface area contributed by atoms with Crippen LogP contribution in [0.1, 0.15) is 101 Å². The molecule has 0 spiro atoms. The summed E-state index contributed by atoms with van der Waals surface area (Å²) >= 11 is 0. The van der Waals surface area contributed by atoms with Crippen molar-refractivity contribution in [3.63, 3.8) is 0 Å². The fourth-order valence-electron chi connectivity index (χ4n) is 6.82. The Morgan fingerprint density at radius 2 is 0.776 bits per heavy atom. The van der Waals surface area contributed by atoms with Gasteiger partial charge in [-0.15, -0.1) is 0 Å². The molecule has 5 heteroatoms. The van der Waals surface area contributed by atoms with Crippen molar-refractivity contribution < 1.29 is 13.2 Å². The fourth-order valence-corrected chi connectivity index (χ4v) is 6.82. The first-order valence-electron chi connectivity index (χ1n) is 17.5. The first kappa shape index (κ1) is 34.4. The lowest BCUT2D eigenvalue weighted by molar-refractivity contribution is -0.139. The third-order valence-corrected chi connectivity index (χ3v) is 9.75. The highest BCUT2D eigenvalue weighted by Gasteiger charge is 2.30. The molecule has 5 aromatic carbocycles.